The van der Waals surface area contributed by atoms with E-state index in [1.165, 1.54) is 19.0 Å². The molecule has 1 saturated carbocycles. The van der Waals surface area contributed by atoms with E-state index in [-0.39, 0.29) is 5.69 Å². The molecule has 0 amide bonds. The molecule has 4 nitrogen and oxygen atoms in total. The number of aromatic carboxylic acids is 1. The van der Waals surface area contributed by atoms with Gasteiger partial charge in [0.05, 0.1) is 11.9 Å². The van der Waals surface area contributed by atoms with E-state index < -0.39 is 5.97 Å². The number of aromatic nitrogens is 1. The van der Waals surface area contributed by atoms with Gasteiger partial charge in [0.25, 0.3) is 0 Å². The number of carboxylic acid groups (broad SMARTS) is 1. The number of carbonyl (C=O) groups is 1. The van der Waals surface area contributed by atoms with Crippen LogP contribution in [0.3, 0.4) is 0 Å². The van der Waals surface area contributed by atoms with Crippen LogP contribution in [0.4, 0.5) is 5.69 Å². The highest BCUT2D eigenvalue weighted by molar-refractivity contribution is 5.87. The molecule has 80 valence electrons. The summed E-state index contributed by atoms with van der Waals surface area (Å²) in [7, 11) is 0. The van der Waals surface area contributed by atoms with E-state index in [2.05, 4.69) is 4.98 Å². The first-order chi connectivity index (χ1) is 7.18. The Morgan fingerprint density at radius 1 is 1.47 bits per heavy atom. The first-order valence-corrected chi connectivity index (χ1v) is 5.17. The Morgan fingerprint density at radius 2 is 2.13 bits per heavy atom. The van der Waals surface area contributed by atoms with Gasteiger partial charge in [0.15, 0.2) is 5.69 Å². The molecule has 4 heteroatoms. The van der Waals surface area contributed by atoms with Crippen molar-refractivity contribution in [2.75, 3.05) is 5.73 Å². The van der Waals surface area contributed by atoms with Crippen LogP contribution in [-0.2, 0) is 0 Å². The third-order valence-electron chi connectivity index (χ3n) is 2.94. The van der Waals surface area contributed by atoms with Gasteiger partial charge < -0.3 is 10.8 Å². The minimum absolute atomic E-state index is 0.163. The third kappa shape index (κ3) is 1.93. The molecule has 0 atom stereocenters. The Hall–Kier alpha value is -1.58. The summed E-state index contributed by atoms with van der Waals surface area (Å²) in [5, 5.41) is 9.01. The van der Waals surface area contributed by atoms with Crippen LogP contribution in [0.25, 0.3) is 0 Å². The van der Waals surface area contributed by atoms with Crippen LogP contribution < -0.4 is 5.73 Å². The summed E-state index contributed by atoms with van der Waals surface area (Å²) in [6.45, 7) is 0. The summed E-state index contributed by atoms with van der Waals surface area (Å²) in [4.78, 5) is 14.9. The summed E-state index contributed by atoms with van der Waals surface area (Å²) in [6, 6.07) is 1.76. The molecule has 1 aromatic heterocycles. The number of nitrogens with zero attached hydrogens (tertiary/aromatic N) is 1. The Morgan fingerprint density at radius 3 is 2.73 bits per heavy atom. The summed E-state index contributed by atoms with van der Waals surface area (Å²) in [6.07, 6.45) is 5.83. The van der Waals surface area contributed by atoms with Crippen LogP contribution in [-0.4, -0.2) is 16.1 Å². The molecular formula is C11H14N2O2. The highest BCUT2D eigenvalue weighted by atomic mass is 16.4. The van der Waals surface area contributed by atoms with Gasteiger partial charge in [0.1, 0.15) is 0 Å². The molecule has 15 heavy (non-hydrogen) atoms. The number of nitrogens with two attached hydrogens (primary N) is 1. The average molecular weight is 206 g/mol. The minimum atomic E-state index is -0.961. The molecule has 0 bridgehead atoms. The molecule has 0 aliphatic heterocycles. The zero-order chi connectivity index (χ0) is 10.8. The highest BCUT2D eigenvalue weighted by Crippen LogP contribution is 2.35. The van der Waals surface area contributed by atoms with Crippen molar-refractivity contribution in [1.29, 1.82) is 0 Å². The van der Waals surface area contributed by atoms with Gasteiger partial charge in [-0.25, -0.2) is 9.78 Å². The van der Waals surface area contributed by atoms with Crippen LogP contribution >= 0.6 is 0 Å². The lowest BCUT2D eigenvalue weighted by atomic mass is 9.96. The molecule has 0 aromatic carbocycles. The van der Waals surface area contributed by atoms with Gasteiger partial charge in [0.2, 0.25) is 0 Å². The average Bonchev–Trinajstić information content (AvgIpc) is 2.69. The van der Waals surface area contributed by atoms with Gasteiger partial charge in [-0.1, -0.05) is 12.8 Å². The van der Waals surface area contributed by atoms with Crippen LogP contribution in [0.1, 0.15) is 47.7 Å². The number of rotatable bonds is 2. The molecule has 1 heterocycles. The molecular weight excluding hydrogens is 192 g/mol. The molecule has 0 saturated heterocycles. The molecule has 1 aliphatic rings. The molecule has 0 unspecified atom stereocenters. The number of hydrogen-bond acceptors (Lipinski definition) is 3. The Kier molecular flexibility index (Phi) is 2.58. The molecule has 0 spiro atoms. The lowest BCUT2D eigenvalue weighted by Gasteiger charge is -2.12. The van der Waals surface area contributed by atoms with E-state index in [1.54, 1.807) is 6.07 Å². The van der Waals surface area contributed by atoms with Gasteiger partial charge in [0, 0.05) is 0 Å². The zero-order valence-electron chi connectivity index (χ0n) is 8.44. The number of carboxylic acids is 1. The maximum atomic E-state index is 11.0. The van der Waals surface area contributed by atoms with Crippen molar-refractivity contribution in [3.63, 3.8) is 0 Å². The van der Waals surface area contributed by atoms with E-state index in [1.807, 2.05) is 0 Å². The summed E-state index contributed by atoms with van der Waals surface area (Å²) in [5.74, 6) is -0.635. The first kappa shape index (κ1) is 9.96. The Balaban J connectivity index is 2.41. The Bertz CT molecular complexity index is 384. The van der Waals surface area contributed by atoms with Gasteiger partial charge in [-0.2, -0.15) is 0 Å². The number of nitrogen functional groups attached to an aromatic ring is 1. The lowest BCUT2D eigenvalue weighted by molar-refractivity contribution is 0.0688. The van der Waals surface area contributed by atoms with Gasteiger partial charge in [-0.15, -0.1) is 0 Å². The molecule has 1 aromatic rings. The molecule has 0 radical (unpaired) electrons. The zero-order valence-corrected chi connectivity index (χ0v) is 8.44. The predicted molar refractivity (Wildman–Crippen MR) is 56.8 cm³/mol. The molecule has 1 fully saturated rings. The van der Waals surface area contributed by atoms with E-state index in [0.717, 1.165) is 18.4 Å². The third-order valence-corrected chi connectivity index (χ3v) is 2.94. The second-order valence-electron chi connectivity index (χ2n) is 3.99. The maximum Gasteiger partial charge on any atom is 0.354 e. The fourth-order valence-electron chi connectivity index (χ4n) is 2.23. The number of hydrogen-bond donors (Lipinski definition) is 2. The molecule has 2 rings (SSSR count). The van der Waals surface area contributed by atoms with Crippen molar-refractivity contribution in [2.24, 2.45) is 0 Å². The van der Waals surface area contributed by atoms with Crippen molar-refractivity contribution in [1.82, 2.24) is 4.98 Å². The lowest BCUT2D eigenvalue weighted by Crippen LogP contribution is -2.09. The van der Waals surface area contributed by atoms with Crippen molar-refractivity contribution in [2.45, 2.75) is 31.6 Å². The van der Waals surface area contributed by atoms with E-state index in [9.17, 15) is 4.79 Å². The smallest absolute Gasteiger partial charge is 0.354 e. The van der Waals surface area contributed by atoms with Crippen molar-refractivity contribution in [3.05, 3.63) is 23.5 Å². The largest absolute Gasteiger partial charge is 0.477 e. The maximum absolute atomic E-state index is 11.0. The van der Waals surface area contributed by atoms with E-state index in [0.29, 0.717) is 11.6 Å². The summed E-state index contributed by atoms with van der Waals surface area (Å²) < 4.78 is 0. The fraction of sp³-hybridized carbons (Fsp3) is 0.455. The van der Waals surface area contributed by atoms with E-state index >= 15 is 0 Å². The second kappa shape index (κ2) is 3.88. The standard InChI is InChI=1S/C11H14N2O2/c12-8-5-9(7-3-1-2-4-7)10(11(14)15)13-6-8/h5-7H,1-4,12H2,(H,14,15). The quantitative estimate of drug-likeness (QED) is 0.776. The van der Waals surface area contributed by atoms with Crippen molar-refractivity contribution < 1.29 is 9.90 Å². The topological polar surface area (TPSA) is 76.2 Å². The SMILES string of the molecule is Nc1cnc(C(=O)O)c(C2CCCC2)c1. The predicted octanol–water partition coefficient (Wildman–Crippen LogP) is 2.02. The van der Waals surface area contributed by atoms with Gasteiger partial charge in [-0.3, -0.25) is 0 Å². The van der Waals surface area contributed by atoms with Crippen LogP contribution in [0.5, 0.6) is 0 Å². The molecule has 3 N–H and O–H groups in total. The monoisotopic (exact) mass is 206 g/mol. The summed E-state index contributed by atoms with van der Waals surface area (Å²) >= 11 is 0. The highest BCUT2D eigenvalue weighted by Gasteiger charge is 2.23. The first-order valence-electron chi connectivity index (χ1n) is 5.17. The van der Waals surface area contributed by atoms with Gasteiger partial charge >= 0.3 is 5.97 Å². The van der Waals surface area contributed by atoms with Crippen LogP contribution in [0.2, 0.25) is 0 Å². The van der Waals surface area contributed by atoms with Crippen LogP contribution in [0.15, 0.2) is 12.3 Å². The van der Waals surface area contributed by atoms with Crippen molar-refractivity contribution >= 4 is 11.7 Å². The number of anilines is 1. The van der Waals surface area contributed by atoms with Crippen molar-refractivity contribution in [3.8, 4) is 0 Å². The Labute approximate surface area is 88.1 Å². The van der Waals surface area contributed by atoms with Gasteiger partial charge in [-0.05, 0) is 30.4 Å². The van der Waals surface area contributed by atoms with E-state index in [4.69, 9.17) is 10.8 Å². The van der Waals surface area contributed by atoms with Crippen LogP contribution in [0, 0.1) is 0 Å². The second-order valence-corrected chi connectivity index (χ2v) is 3.99. The normalized spacial score (nSPS) is 16.8. The fourth-order valence-corrected chi connectivity index (χ4v) is 2.23. The number of pyridine rings is 1. The minimum Gasteiger partial charge on any atom is -0.477 e. The molecule has 1 aliphatic carbocycles. The summed E-state index contributed by atoms with van der Waals surface area (Å²) in [5.41, 5.74) is 7.15.